The SMILES string of the molecule is COc1cccc(O[C@H](c2cccc([N+](=O)[O-])c2)[C@@H]2CO2)c1. The lowest BCUT2D eigenvalue weighted by Crippen LogP contribution is -2.14. The van der Waals surface area contributed by atoms with Crippen molar-refractivity contribution in [1.29, 1.82) is 0 Å². The summed E-state index contributed by atoms with van der Waals surface area (Å²) < 4.78 is 16.5. The van der Waals surface area contributed by atoms with Crippen LogP contribution in [0.25, 0.3) is 0 Å². The van der Waals surface area contributed by atoms with E-state index in [2.05, 4.69) is 0 Å². The first-order valence-electron chi connectivity index (χ1n) is 6.84. The Kier molecular flexibility index (Phi) is 3.93. The Bertz CT molecular complexity index is 684. The van der Waals surface area contributed by atoms with Gasteiger partial charge in [-0.1, -0.05) is 18.2 Å². The summed E-state index contributed by atoms with van der Waals surface area (Å²) in [6.45, 7) is 0.581. The van der Waals surface area contributed by atoms with Crippen LogP contribution in [-0.2, 0) is 4.74 Å². The standard InChI is InChI=1S/C16H15NO5/c1-20-13-6-3-7-14(9-13)22-16(15-10-21-15)11-4-2-5-12(8-11)17(18)19/h2-9,15-16H,10H2,1H3/t15-,16+/m0/s1. The Labute approximate surface area is 127 Å². The first-order chi connectivity index (χ1) is 10.7. The molecule has 0 radical (unpaired) electrons. The van der Waals surface area contributed by atoms with Gasteiger partial charge in [0.25, 0.3) is 5.69 Å². The molecule has 0 spiro atoms. The summed E-state index contributed by atoms with van der Waals surface area (Å²) >= 11 is 0. The summed E-state index contributed by atoms with van der Waals surface area (Å²) in [7, 11) is 1.58. The Morgan fingerprint density at radius 3 is 2.64 bits per heavy atom. The number of nitro groups is 1. The lowest BCUT2D eigenvalue weighted by Gasteiger charge is -2.18. The van der Waals surface area contributed by atoms with Crippen LogP contribution in [0.2, 0.25) is 0 Å². The first kappa shape index (κ1) is 14.3. The third kappa shape index (κ3) is 3.17. The van der Waals surface area contributed by atoms with Gasteiger partial charge >= 0.3 is 0 Å². The molecule has 1 aliphatic rings. The van der Waals surface area contributed by atoms with Crippen LogP contribution < -0.4 is 9.47 Å². The Morgan fingerprint density at radius 1 is 1.23 bits per heavy atom. The van der Waals surface area contributed by atoms with Gasteiger partial charge in [-0.15, -0.1) is 0 Å². The summed E-state index contributed by atoms with van der Waals surface area (Å²) in [6.07, 6.45) is -0.472. The Balaban J connectivity index is 1.86. The van der Waals surface area contributed by atoms with E-state index >= 15 is 0 Å². The van der Waals surface area contributed by atoms with Crippen molar-refractivity contribution in [2.45, 2.75) is 12.2 Å². The number of hydrogen-bond acceptors (Lipinski definition) is 5. The van der Waals surface area contributed by atoms with E-state index in [1.165, 1.54) is 12.1 Å². The lowest BCUT2D eigenvalue weighted by atomic mass is 10.1. The average Bonchev–Trinajstić information content (AvgIpc) is 3.37. The number of nitro benzene ring substituents is 1. The monoisotopic (exact) mass is 301 g/mol. The zero-order valence-corrected chi connectivity index (χ0v) is 12.0. The molecule has 0 aliphatic carbocycles. The lowest BCUT2D eigenvalue weighted by molar-refractivity contribution is -0.385. The second-order valence-corrected chi connectivity index (χ2v) is 4.94. The molecule has 1 fully saturated rings. The van der Waals surface area contributed by atoms with E-state index in [1.54, 1.807) is 25.3 Å². The summed E-state index contributed by atoms with van der Waals surface area (Å²) in [5, 5.41) is 10.9. The van der Waals surface area contributed by atoms with Crippen LogP contribution in [0.5, 0.6) is 11.5 Å². The minimum absolute atomic E-state index is 0.0393. The molecule has 2 aromatic rings. The van der Waals surface area contributed by atoms with Gasteiger partial charge in [0.05, 0.1) is 18.6 Å². The zero-order chi connectivity index (χ0) is 15.5. The van der Waals surface area contributed by atoms with Gasteiger partial charge in [0.15, 0.2) is 6.10 Å². The van der Waals surface area contributed by atoms with Gasteiger partial charge in [0.2, 0.25) is 0 Å². The fourth-order valence-corrected chi connectivity index (χ4v) is 2.23. The fraction of sp³-hybridized carbons (Fsp3) is 0.250. The minimum atomic E-state index is -0.417. The highest BCUT2D eigenvalue weighted by atomic mass is 16.6. The topological polar surface area (TPSA) is 74.1 Å². The van der Waals surface area contributed by atoms with Gasteiger partial charge in [-0.05, 0) is 12.1 Å². The average molecular weight is 301 g/mol. The van der Waals surface area contributed by atoms with Crippen molar-refractivity contribution in [2.75, 3.05) is 13.7 Å². The maximum absolute atomic E-state index is 10.9. The molecule has 6 heteroatoms. The highest BCUT2D eigenvalue weighted by Crippen LogP contribution is 2.34. The Morgan fingerprint density at radius 2 is 1.95 bits per heavy atom. The maximum Gasteiger partial charge on any atom is 0.269 e. The molecular weight excluding hydrogens is 286 g/mol. The van der Waals surface area contributed by atoms with Gasteiger partial charge in [-0.3, -0.25) is 10.1 Å². The van der Waals surface area contributed by atoms with Crippen molar-refractivity contribution in [2.24, 2.45) is 0 Å². The van der Waals surface area contributed by atoms with Crippen LogP contribution in [-0.4, -0.2) is 24.7 Å². The molecule has 3 rings (SSSR count). The van der Waals surface area contributed by atoms with Gasteiger partial charge in [-0.25, -0.2) is 0 Å². The van der Waals surface area contributed by atoms with Crippen molar-refractivity contribution in [3.8, 4) is 11.5 Å². The van der Waals surface area contributed by atoms with Crippen molar-refractivity contribution in [3.63, 3.8) is 0 Å². The second-order valence-electron chi connectivity index (χ2n) is 4.94. The molecule has 6 nitrogen and oxygen atoms in total. The van der Waals surface area contributed by atoms with Crippen LogP contribution in [0, 0.1) is 10.1 Å². The molecule has 1 saturated heterocycles. The number of non-ortho nitro benzene ring substituents is 1. The van der Waals surface area contributed by atoms with Crippen molar-refractivity contribution in [3.05, 3.63) is 64.2 Å². The van der Waals surface area contributed by atoms with E-state index in [-0.39, 0.29) is 17.9 Å². The summed E-state index contributed by atoms with van der Waals surface area (Å²) in [5.41, 5.74) is 0.761. The van der Waals surface area contributed by atoms with E-state index in [0.717, 1.165) is 5.56 Å². The van der Waals surface area contributed by atoms with E-state index in [4.69, 9.17) is 14.2 Å². The van der Waals surface area contributed by atoms with Crippen LogP contribution in [0.15, 0.2) is 48.5 Å². The number of benzene rings is 2. The second kappa shape index (κ2) is 6.03. The largest absolute Gasteiger partial charge is 0.497 e. The van der Waals surface area contributed by atoms with Crippen LogP contribution in [0.1, 0.15) is 11.7 Å². The number of hydrogen-bond donors (Lipinski definition) is 0. The molecule has 2 aromatic carbocycles. The van der Waals surface area contributed by atoms with Crippen LogP contribution in [0.4, 0.5) is 5.69 Å². The molecular formula is C16H15NO5. The number of nitrogens with zero attached hydrogens (tertiary/aromatic N) is 1. The van der Waals surface area contributed by atoms with E-state index < -0.39 is 4.92 Å². The van der Waals surface area contributed by atoms with Crippen molar-refractivity contribution >= 4 is 5.69 Å². The number of methoxy groups -OCH3 is 1. The highest BCUT2D eigenvalue weighted by molar-refractivity contribution is 5.38. The predicted molar refractivity (Wildman–Crippen MR) is 79.2 cm³/mol. The molecule has 0 N–H and O–H groups in total. The van der Waals surface area contributed by atoms with E-state index in [1.807, 2.05) is 18.2 Å². The van der Waals surface area contributed by atoms with Gasteiger partial charge in [-0.2, -0.15) is 0 Å². The van der Waals surface area contributed by atoms with Crippen molar-refractivity contribution in [1.82, 2.24) is 0 Å². The maximum atomic E-state index is 10.9. The molecule has 0 amide bonds. The quantitative estimate of drug-likeness (QED) is 0.465. The van der Waals surface area contributed by atoms with E-state index in [0.29, 0.717) is 18.1 Å². The predicted octanol–water partition coefficient (Wildman–Crippen LogP) is 3.12. The zero-order valence-electron chi connectivity index (χ0n) is 12.0. The Hall–Kier alpha value is -2.60. The number of epoxide rings is 1. The minimum Gasteiger partial charge on any atom is -0.497 e. The first-order valence-corrected chi connectivity index (χ1v) is 6.84. The third-order valence-electron chi connectivity index (χ3n) is 3.41. The highest BCUT2D eigenvalue weighted by Gasteiger charge is 2.36. The van der Waals surface area contributed by atoms with Crippen LogP contribution >= 0.6 is 0 Å². The summed E-state index contributed by atoms with van der Waals surface area (Å²) in [4.78, 5) is 10.5. The third-order valence-corrected chi connectivity index (χ3v) is 3.41. The molecule has 0 aromatic heterocycles. The summed E-state index contributed by atoms with van der Waals surface area (Å²) in [5.74, 6) is 1.32. The van der Waals surface area contributed by atoms with E-state index in [9.17, 15) is 10.1 Å². The van der Waals surface area contributed by atoms with Crippen molar-refractivity contribution < 1.29 is 19.1 Å². The normalized spacial score (nSPS) is 17.6. The van der Waals surface area contributed by atoms with Gasteiger partial charge in [0, 0.05) is 23.8 Å². The molecule has 22 heavy (non-hydrogen) atoms. The number of rotatable bonds is 6. The van der Waals surface area contributed by atoms with Crippen LogP contribution in [0.3, 0.4) is 0 Å². The smallest absolute Gasteiger partial charge is 0.269 e. The molecule has 0 bridgehead atoms. The fourth-order valence-electron chi connectivity index (χ4n) is 2.23. The molecule has 0 unspecified atom stereocenters. The van der Waals surface area contributed by atoms with Gasteiger partial charge < -0.3 is 14.2 Å². The molecule has 1 aliphatic heterocycles. The molecule has 0 saturated carbocycles. The number of ether oxygens (including phenoxy) is 3. The molecule has 1 heterocycles. The summed E-state index contributed by atoms with van der Waals surface area (Å²) in [6, 6.07) is 13.7. The van der Waals surface area contributed by atoms with Gasteiger partial charge in [0.1, 0.15) is 17.6 Å². The molecule has 2 atom stereocenters. The molecule has 114 valence electrons.